The summed E-state index contributed by atoms with van der Waals surface area (Å²) in [7, 11) is 0. The lowest BCUT2D eigenvalue weighted by molar-refractivity contribution is -0.148. The first-order chi connectivity index (χ1) is 13.7. The van der Waals surface area contributed by atoms with Gasteiger partial charge in [0.1, 0.15) is 11.4 Å². The van der Waals surface area contributed by atoms with Crippen molar-refractivity contribution in [1.82, 2.24) is 4.90 Å². The fourth-order valence-corrected chi connectivity index (χ4v) is 4.64. The Morgan fingerprint density at radius 3 is 2.61 bits per heavy atom. The third kappa shape index (κ3) is 4.61. The summed E-state index contributed by atoms with van der Waals surface area (Å²) in [4.78, 5) is 27.6. The third-order valence-electron chi connectivity index (χ3n) is 4.80. The topological polar surface area (TPSA) is 59.8 Å². The monoisotopic (exact) mass is 401 g/mol. The average molecular weight is 402 g/mol. The Bertz CT molecular complexity index is 772. The molecule has 0 bridgehead atoms. The first kappa shape index (κ1) is 20.5. The Balaban J connectivity index is 1.83. The molecule has 1 aromatic carbocycles. The molecule has 6 heteroatoms. The van der Waals surface area contributed by atoms with Gasteiger partial charge in [0, 0.05) is 16.9 Å². The standard InChI is InChI=1S/C22H27NO4S/c1-3-5-6-16-7-9-17(10-8-16)20(24)23-19(22(25)27-12-4-2)15-28-21(23)18-11-13-26-14-18/h7-11,13-14,19,21H,3-6,12,15H2,1-2H3. The Hall–Kier alpha value is -2.21. The molecule has 2 atom stereocenters. The second-order valence-electron chi connectivity index (χ2n) is 6.94. The highest BCUT2D eigenvalue weighted by Crippen LogP contribution is 2.42. The maximum atomic E-state index is 13.3. The number of esters is 1. The number of benzene rings is 1. The van der Waals surface area contributed by atoms with E-state index in [2.05, 4.69) is 6.92 Å². The molecule has 0 spiro atoms. The van der Waals surface area contributed by atoms with Gasteiger partial charge in [0.05, 0.1) is 19.1 Å². The van der Waals surface area contributed by atoms with Gasteiger partial charge in [-0.3, -0.25) is 4.79 Å². The minimum atomic E-state index is -0.594. The van der Waals surface area contributed by atoms with E-state index in [1.165, 1.54) is 5.56 Å². The predicted octanol–water partition coefficient (Wildman–Crippen LogP) is 4.83. The van der Waals surface area contributed by atoms with Crippen molar-refractivity contribution >= 4 is 23.6 Å². The molecule has 2 aromatic rings. The van der Waals surface area contributed by atoms with Gasteiger partial charge < -0.3 is 14.1 Å². The quantitative estimate of drug-likeness (QED) is 0.593. The fourth-order valence-electron chi connectivity index (χ4n) is 3.25. The first-order valence-corrected chi connectivity index (χ1v) is 10.9. The molecule has 5 nitrogen and oxygen atoms in total. The van der Waals surface area contributed by atoms with Crippen LogP contribution in [-0.4, -0.2) is 35.2 Å². The van der Waals surface area contributed by atoms with Crippen LogP contribution in [0.3, 0.4) is 0 Å². The SMILES string of the molecule is CCCCc1ccc(C(=O)N2C(C(=O)OCCC)CSC2c2ccoc2)cc1. The number of amides is 1. The molecule has 1 fully saturated rings. The molecule has 1 amide bonds. The molecule has 0 radical (unpaired) electrons. The Morgan fingerprint density at radius 2 is 1.96 bits per heavy atom. The van der Waals surface area contributed by atoms with Crippen molar-refractivity contribution in [1.29, 1.82) is 0 Å². The van der Waals surface area contributed by atoms with Crippen LogP contribution in [0.25, 0.3) is 0 Å². The highest BCUT2D eigenvalue weighted by Gasteiger charge is 2.43. The van der Waals surface area contributed by atoms with Crippen molar-refractivity contribution in [2.75, 3.05) is 12.4 Å². The van der Waals surface area contributed by atoms with Crippen LogP contribution in [0.15, 0.2) is 47.3 Å². The van der Waals surface area contributed by atoms with E-state index >= 15 is 0 Å². The fraction of sp³-hybridized carbons (Fsp3) is 0.455. The van der Waals surface area contributed by atoms with Gasteiger partial charge in [-0.25, -0.2) is 4.79 Å². The van der Waals surface area contributed by atoms with E-state index in [1.54, 1.807) is 29.2 Å². The Labute approximate surface area is 170 Å². The Kier molecular flexibility index (Phi) is 7.20. The summed E-state index contributed by atoms with van der Waals surface area (Å²) < 4.78 is 10.6. The van der Waals surface area contributed by atoms with Gasteiger partial charge in [-0.15, -0.1) is 11.8 Å². The van der Waals surface area contributed by atoms with E-state index in [4.69, 9.17) is 9.15 Å². The zero-order chi connectivity index (χ0) is 19.9. The summed E-state index contributed by atoms with van der Waals surface area (Å²) in [5.41, 5.74) is 2.69. The second-order valence-corrected chi connectivity index (χ2v) is 8.05. The van der Waals surface area contributed by atoms with Crippen LogP contribution in [0.4, 0.5) is 0 Å². The van der Waals surface area contributed by atoms with Gasteiger partial charge in [-0.1, -0.05) is 32.4 Å². The summed E-state index contributed by atoms with van der Waals surface area (Å²) in [6, 6.07) is 8.97. The number of rotatable bonds is 8. The van der Waals surface area contributed by atoms with Gasteiger partial charge in [-0.05, 0) is 43.0 Å². The largest absolute Gasteiger partial charge is 0.472 e. The van der Waals surface area contributed by atoms with Crippen molar-refractivity contribution in [2.45, 2.75) is 50.9 Å². The minimum Gasteiger partial charge on any atom is -0.472 e. The van der Waals surface area contributed by atoms with Gasteiger partial charge in [0.2, 0.25) is 0 Å². The molecule has 2 heterocycles. The van der Waals surface area contributed by atoms with E-state index < -0.39 is 6.04 Å². The molecule has 0 N–H and O–H groups in total. The molecule has 1 saturated heterocycles. The van der Waals surface area contributed by atoms with Gasteiger partial charge in [-0.2, -0.15) is 0 Å². The van der Waals surface area contributed by atoms with E-state index in [9.17, 15) is 9.59 Å². The van der Waals surface area contributed by atoms with Gasteiger partial charge in [0.25, 0.3) is 5.91 Å². The van der Waals surface area contributed by atoms with E-state index in [1.807, 2.05) is 37.3 Å². The number of furan rings is 1. The molecule has 2 unspecified atom stereocenters. The maximum absolute atomic E-state index is 13.3. The summed E-state index contributed by atoms with van der Waals surface area (Å²) >= 11 is 1.56. The lowest BCUT2D eigenvalue weighted by Crippen LogP contribution is -2.43. The molecular weight excluding hydrogens is 374 g/mol. The number of hydrogen-bond donors (Lipinski definition) is 0. The van der Waals surface area contributed by atoms with Crippen molar-refractivity contribution in [2.24, 2.45) is 0 Å². The second kappa shape index (κ2) is 9.82. The Morgan fingerprint density at radius 1 is 1.18 bits per heavy atom. The zero-order valence-electron chi connectivity index (χ0n) is 16.4. The van der Waals surface area contributed by atoms with Gasteiger partial charge >= 0.3 is 5.97 Å². The molecule has 3 rings (SSSR count). The molecule has 150 valence electrons. The van der Waals surface area contributed by atoms with Crippen LogP contribution in [0.5, 0.6) is 0 Å². The molecule has 28 heavy (non-hydrogen) atoms. The first-order valence-electron chi connectivity index (χ1n) is 9.87. The molecule has 1 aromatic heterocycles. The predicted molar refractivity (Wildman–Crippen MR) is 110 cm³/mol. The summed E-state index contributed by atoms with van der Waals surface area (Å²) in [6.45, 7) is 4.48. The summed E-state index contributed by atoms with van der Waals surface area (Å²) in [6.07, 6.45) is 7.25. The average Bonchev–Trinajstić information content (AvgIpc) is 3.39. The van der Waals surface area contributed by atoms with Crippen LogP contribution < -0.4 is 0 Å². The van der Waals surface area contributed by atoms with Crippen LogP contribution in [0.2, 0.25) is 0 Å². The lowest BCUT2D eigenvalue weighted by atomic mass is 10.0. The lowest BCUT2D eigenvalue weighted by Gasteiger charge is -2.28. The van der Waals surface area contributed by atoms with Crippen molar-refractivity contribution in [3.63, 3.8) is 0 Å². The molecule has 0 aliphatic carbocycles. The molecular formula is C22H27NO4S. The van der Waals surface area contributed by atoms with Crippen molar-refractivity contribution in [3.05, 3.63) is 59.5 Å². The number of aryl methyl sites for hydroxylation is 1. The van der Waals surface area contributed by atoms with Crippen molar-refractivity contribution < 1.29 is 18.7 Å². The smallest absolute Gasteiger partial charge is 0.329 e. The molecule has 1 aliphatic rings. The number of carbonyl (C=O) groups excluding carboxylic acids is 2. The van der Waals surface area contributed by atoms with Crippen molar-refractivity contribution in [3.8, 4) is 0 Å². The maximum Gasteiger partial charge on any atom is 0.329 e. The molecule has 0 saturated carbocycles. The highest BCUT2D eigenvalue weighted by atomic mass is 32.2. The van der Waals surface area contributed by atoms with Gasteiger partial charge in [0.15, 0.2) is 0 Å². The van der Waals surface area contributed by atoms with E-state index in [-0.39, 0.29) is 17.3 Å². The van der Waals surface area contributed by atoms with Crippen LogP contribution >= 0.6 is 11.8 Å². The minimum absolute atomic E-state index is 0.156. The number of nitrogens with zero attached hydrogens (tertiary/aromatic N) is 1. The van der Waals surface area contributed by atoms with E-state index in [0.29, 0.717) is 17.9 Å². The zero-order valence-corrected chi connectivity index (χ0v) is 17.2. The number of thioether (sulfide) groups is 1. The van der Waals surface area contributed by atoms with Crippen LogP contribution in [0.1, 0.15) is 60.0 Å². The van der Waals surface area contributed by atoms with Crippen LogP contribution in [-0.2, 0) is 16.0 Å². The number of ether oxygens (including phenoxy) is 1. The number of hydrogen-bond acceptors (Lipinski definition) is 5. The van der Waals surface area contributed by atoms with Crippen LogP contribution in [0, 0.1) is 0 Å². The third-order valence-corrected chi connectivity index (χ3v) is 6.13. The normalized spacial score (nSPS) is 19.0. The molecule has 1 aliphatic heterocycles. The summed E-state index contributed by atoms with van der Waals surface area (Å²) in [5.74, 6) is 0.0172. The summed E-state index contributed by atoms with van der Waals surface area (Å²) in [5, 5.41) is -0.259. The number of carbonyl (C=O) groups is 2. The van der Waals surface area contributed by atoms with E-state index in [0.717, 1.165) is 31.2 Å². The number of unbranched alkanes of at least 4 members (excludes halogenated alkanes) is 1. The highest BCUT2D eigenvalue weighted by molar-refractivity contribution is 7.99.